The lowest BCUT2D eigenvalue weighted by Gasteiger charge is -2.21. The van der Waals surface area contributed by atoms with E-state index < -0.39 is 0 Å². The molecule has 1 atom stereocenters. The molecule has 0 radical (unpaired) electrons. The van der Waals surface area contributed by atoms with Crippen molar-refractivity contribution in [3.05, 3.63) is 35.4 Å². The number of ether oxygens (including phenoxy) is 1. The molecule has 1 aromatic rings. The van der Waals surface area contributed by atoms with Crippen molar-refractivity contribution in [2.24, 2.45) is 5.92 Å². The normalized spacial score (nSPS) is 17.8. The van der Waals surface area contributed by atoms with E-state index in [1.807, 2.05) is 0 Å². The Kier molecular flexibility index (Phi) is 5.87. The predicted octanol–water partition coefficient (Wildman–Crippen LogP) is 3.85. The second kappa shape index (κ2) is 7.66. The first-order valence-electron chi connectivity index (χ1n) is 7.68. The van der Waals surface area contributed by atoms with Crippen LogP contribution in [0.25, 0.3) is 0 Å². The van der Waals surface area contributed by atoms with Gasteiger partial charge in [-0.2, -0.15) is 0 Å². The Bertz CT molecular complexity index is 354. The van der Waals surface area contributed by atoms with E-state index in [1.165, 1.54) is 36.8 Å². The van der Waals surface area contributed by atoms with Crippen molar-refractivity contribution in [1.29, 1.82) is 0 Å². The molecule has 0 saturated heterocycles. The molecule has 0 aliphatic heterocycles. The molecule has 19 heavy (non-hydrogen) atoms. The van der Waals surface area contributed by atoms with Gasteiger partial charge in [0.2, 0.25) is 0 Å². The van der Waals surface area contributed by atoms with E-state index in [4.69, 9.17) is 4.74 Å². The lowest BCUT2D eigenvalue weighted by molar-refractivity contribution is 0.0298. The third kappa shape index (κ3) is 4.63. The maximum Gasteiger partial charge on any atom is 0.0949 e. The van der Waals surface area contributed by atoms with Crippen molar-refractivity contribution in [2.45, 2.75) is 45.6 Å². The number of hydrogen-bond acceptors (Lipinski definition) is 2. The molecule has 0 aromatic heterocycles. The van der Waals surface area contributed by atoms with Crippen molar-refractivity contribution in [1.82, 2.24) is 5.32 Å². The number of benzene rings is 1. The molecule has 1 N–H and O–H groups in total. The summed E-state index contributed by atoms with van der Waals surface area (Å²) in [5.41, 5.74) is 2.60. The summed E-state index contributed by atoms with van der Waals surface area (Å²) in [6.45, 7) is 7.09. The molecule has 1 aromatic carbocycles. The van der Waals surface area contributed by atoms with Gasteiger partial charge in [-0.25, -0.2) is 0 Å². The van der Waals surface area contributed by atoms with Gasteiger partial charge in [0.1, 0.15) is 0 Å². The summed E-state index contributed by atoms with van der Waals surface area (Å²) < 4.78 is 6.19. The fourth-order valence-electron chi connectivity index (χ4n) is 2.76. The highest BCUT2D eigenvalue weighted by atomic mass is 16.5. The minimum atomic E-state index is 0.196. The highest BCUT2D eigenvalue weighted by molar-refractivity contribution is 5.23. The minimum absolute atomic E-state index is 0.196. The van der Waals surface area contributed by atoms with Gasteiger partial charge in [0.25, 0.3) is 0 Å². The van der Waals surface area contributed by atoms with E-state index in [1.54, 1.807) is 0 Å². The average Bonchev–Trinajstić information content (AvgIpc) is 2.93. The van der Waals surface area contributed by atoms with Gasteiger partial charge in [-0.1, -0.05) is 49.6 Å². The van der Waals surface area contributed by atoms with Crippen LogP contribution in [-0.4, -0.2) is 19.7 Å². The fraction of sp³-hybridized carbons (Fsp3) is 0.647. The molecule has 0 amide bonds. The summed E-state index contributed by atoms with van der Waals surface area (Å²) >= 11 is 0. The van der Waals surface area contributed by atoms with Crippen LogP contribution in [0.4, 0.5) is 0 Å². The van der Waals surface area contributed by atoms with Crippen LogP contribution in [0.3, 0.4) is 0 Å². The minimum Gasteiger partial charge on any atom is -0.372 e. The zero-order chi connectivity index (χ0) is 13.5. The number of nitrogens with one attached hydrogen (secondary N) is 1. The van der Waals surface area contributed by atoms with Crippen LogP contribution in [0.15, 0.2) is 24.3 Å². The maximum atomic E-state index is 6.19. The largest absolute Gasteiger partial charge is 0.372 e. The van der Waals surface area contributed by atoms with Gasteiger partial charge in [-0.3, -0.25) is 0 Å². The number of likely N-dealkylation sites (N-methyl/N-ethyl adjacent to an activating group) is 1. The zero-order valence-electron chi connectivity index (χ0n) is 12.3. The van der Waals surface area contributed by atoms with Gasteiger partial charge in [0.05, 0.1) is 12.7 Å². The Morgan fingerprint density at radius 3 is 2.53 bits per heavy atom. The van der Waals surface area contributed by atoms with Crippen LogP contribution in [0.5, 0.6) is 0 Å². The van der Waals surface area contributed by atoms with Gasteiger partial charge in [0, 0.05) is 6.54 Å². The molecular formula is C17H27NO. The fourth-order valence-corrected chi connectivity index (χ4v) is 2.76. The predicted molar refractivity (Wildman–Crippen MR) is 80.4 cm³/mol. The average molecular weight is 261 g/mol. The first kappa shape index (κ1) is 14.5. The third-order valence-corrected chi connectivity index (χ3v) is 4.04. The molecule has 0 heterocycles. The second-order valence-corrected chi connectivity index (χ2v) is 5.69. The topological polar surface area (TPSA) is 21.3 Å². The van der Waals surface area contributed by atoms with Crippen LogP contribution < -0.4 is 5.32 Å². The monoisotopic (exact) mass is 261 g/mol. The van der Waals surface area contributed by atoms with Gasteiger partial charge < -0.3 is 10.1 Å². The molecule has 106 valence electrons. The molecule has 0 spiro atoms. The van der Waals surface area contributed by atoms with E-state index >= 15 is 0 Å². The SMILES string of the molecule is CCNCC(OCC1CCCC1)c1ccc(C)cc1. The number of hydrogen-bond donors (Lipinski definition) is 1. The summed E-state index contributed by atoms with van der Waals surface area (Å²) in [4.78, 5) is 0. The summed E-state index contributed by atoms with van der Waals surface area (Å²) in [5, 5.41) is 3.41. The van der Waals surface area contributed by atoms with Crippen molar-refractivity contribution in [2.75, 3.05) is 19.7 Å². The molecule has 2 rings (SSSR count). The first-order valence-corrected chi connectivity index (χ1v) is 7.68. The Morgan fingerprint density at radius 1 is 1.21 bits per heavy atom. The van der Waals surface area contributed by atoms with Gasteiger partial charge in [0.15, 0.2) is 0 Å². The molecule has 2 heteroatoms. The Labute approximate surface area is 117 Å². The molecule has 0 bridgehead atoms. The highest BCUT2D eigenvalue weighted by Crippen LogP contribution is 2.27. The van der Waals surface area contributed by atoms with Crippen LogP contribution in [0.2, 0.25) is 0 Å². The summed E-state index contributed by atoms with van der Waals surface area (Å²) in [6.07, 6.45) is 5.66. The number of rotatable bonds is 7. The maximum absolute atomic E-state index is 6.19. The number of aryl methyl sites for hydroxylation is 1. The van der Waals surface area contributed by atoms with Crippen LogP contribution in [-0.2, 0) is 4.74 Å². The molecule has 1 unspecified atom stereocenters. The van der Waals surface area contributed by atoms with Crippen LogP contribution in [0.1, 0.15) is 49.8 Å². The standard InChI is InChI=1S/C17H27NO/c1-3-18-12-17(16-10-8-14(2)9-11-16)19-13-15-6-4-5-7-15/h8-11,15,17-18H,3-7,12-13H2,1-2H3. The van der Waals surface area contributed by atoms with Gasteiger partial charge in [-0.05, 0) is 37.8 Å². The van der Waals surface area contributed by atoms with E-state index in [-0.39, 0.29) is 6.10 Å². The first-order chi connectivity index (χ1) is 9.29. The molecule has 1 aliphatic rings. The Morgan fingerprint density at radius 2 is 1.89 bits per heavy atom. The lowest BCUT2D eigenvalue weighted by Crippen LogP contribution is -2.24. The third-order valence-electron chi connectivity index (χ3n) is 4.04. The van der Waals surface area contributed by atoms with E-state index in [0.717, 1.165) is 25.6 Å². The Balaban J connectivity index is 1.91. The second-order valence-electron chi connectivity index (χ2n) is 5.69. The van der Waals surface area contributed by atoms with Crippen molar-refractivity contribution in [3.8, 4) is 0 Å². The van der Waals surface area contributed by atoms with Gasteiger partial charge in [-0.15, -0.1) is 0 Å². The Hall–Kier alpha value is -0.860. The molecule has 1 fully saturated rings. The molecular weight excluding hydrogens is 234 g/mol. The molecule has 1 saturated carbocycles. The van der Waals surface area contributed by atoms with Gasteiger partial charge >= 0.3 is 0 Å². The summed E-state index contributed by atoms with van der Waals surface area (Å²) in [5.74, 6) is 0.787. The highest BCUT2D eigenvalue weighted by Gasteiger charge is 2.18. The quantitative estimate of drug-likeness (QED) is 0.805. The van der Waals surface area contributed by atoms with Crippen LogP contribution in [0, 0.1) is 12.8 Å². The van der Waals surface area contributed by atoms with Crippen molar-refractivity contribution < 1.29 is 4.74 Å². The van der Waals surface area contributed by atoms with Crippen molar-refractivity contribution >= 4 is 0 Å². The molecule has 1 aliphatic carbocycles. The smallest absolute Gasteiger partial charge is 0.0949 e. The van der Waals surface area contributed by atoms with E-state index in [0.29, 0.717) is 0 Å². The summed E-state index contributed by atoms with van der Waals surface area (Å²) in [7, 11) is 0. The lowest BCUT2D eigenvalue weighted by atomic mass is 10.1. The molecule has 2 nitrogen and oxygen atoms in total. The van der Waals surface area contributed by atoms with E-state index in [2.05, 4.69) is 43.4 Å². The van der Waals surface area contributed by atoms with Crippen molar-refractivity contribution in [3.63, 3.8) is 0 Å². The van der Waals surface area contributed by atoms with E-state index in [9.17, 15) is 0 Å². The van der Waals surface area contributed by atoms with Crippen LogP contribution >= 0.6 is 0 Å². The zero-order valence-corrected chi connectivity index (χ0v) is 12.3. The summed E-state index contributed by atoms with van der Waals surface area (Å²) in [6, 6.07) is 8.75.